The maximum atomic E-state index is 13.3. The second-order valence-electron chi connectivity index (χ2n) is 12.7. The fourth-order valence-electron chi connectivity index (χ4n) is 6.86. The zero-order chi connectivity index (χ0) is 22.7. The minimum Gasteiger partial charge on any atom is -0.541 e. The van der Waals surface area contributed by atoms with Crippen molar-refractivity contribution in [2.45, 2.75) is 101 Å². The molecule has 1 aromatic carbocycles. The van der Waals surface area contributed by atoms with E-state index in [9.17, 15) is 4.79 Å². The van der Waals surface area contributed by atoms with Gasteiger partial charge in [0.1, 0.15) is 5.75 Å². The predicted octanol–water partition coefficient (Wildman–Crippen LogP) is 4.17. The maximum absolute atomic E-state index is 13.3. The molecule has 6 heteroatoms. The quantitative estimate of drug-likeness (QED) is 0.692. The third-order valence-electron chi connectivity index (χ3n) is 9.85. The van der Waals surface area contributed by atoms with E-state index in [0.717, 1.165) is 49.8 Å². The van der Waals surface area contributed by atoms with Crippen LogP contribution in [0, 0.1) is 5.92 Å². The molecule has 1 unspecified atom stereocenters. The second kappa shape index (κ2) is 6.39. The molecule has 2 saturated carbocycles. The summed E-state index contributed by atoms with van der Waals surface area (Å²) in [7, 11) is -2.05. The average Bonchev–Trinajstić information content (AvgIpc) is 3.44. The third-order valence-corrected chi connectivity index (χ3v) is 14.2. The summed E-state index contributed by atoms with van der Waals surface area (Å²) in [6.07, 6.45) is 5.41. The molecular weight excluding hydrogens is 416 g/mol. The molecule has 0 amide bonds. The molecule has 4 atom stereocenters. The zero-order valence-corrected chi connectivity index (χ0v) is 21.3. The van der Waals surface area contributed by atoms with Gasteiger partial charge in [0.25, 0.3) is 8.32 Å². The minimum absolute atomic E-state index is 0.0892. The first kappa shape index (κ1) is 21.2. The normalized spacial score (nSPS) is 36.0. The van der Waals surface area contributed by atoms with Crippen molar-refractivity contribution in [3.05, 3.63) is 23.3 Å². The van der Waals surface area contributed by atoms with Crippen LogP contribution in [0.5, 0.6) is 11.5 Å². The fourth-order valence-corrected chi connectivity index (χ4v) is 7.88. The molecule has 2 N–H and O–H groups in total. The van der Waals surface area contributed by atoms with Crippen LogP contribution in [0.1, 0.15) is 64.0 Å². The van der Waals surface area contributed by atoms with Crippen LogP contribution in [0.2, 0.25) is 18.1 Å². The number of carbonyl (C=O) groups is 1. The van der Waals surface area contributed by atoms with E-state index < -0.39 is 25.4 Å². The summed E-state index contributed by atoms with van der Waals surface area (Å²) < 4.78 is 13.4. The molecule has 0 aromatic heterocycles. The molecule has 5 aliphatic rings. The highest BCUT2D eigenvalue weighted by atomic mass is 28.4. The van der Waals surface area contributed by atoms with Crippen LogP contribution in [-0.2, 0) is 16.6 Å². The average molecular weight is 455 g/mol. The first-order valence-corrected chi connectivity index (χ1v) is 15.5. The van der Waals surface area contributed by atoms with Crippen LogP contribution in [0.4, 0.5) is 0 Å². The lowest BCUT2D eigenvalue weighted by molar-refractivity contribution is -0.141. The lowest BCUT2D eigenvalue weighted by Gasteiger charge is -2.63. The van der Waals surface area contributed by atoms with Crippen molar-refractivity contribution in [1.82, 2.24) is 4.90 Å². The lowest BCUT2D eigenvalue weighted by atomic mass is 9.47. The Kier molecular flexibility index (Phi) is 4.23. The Morgan fingerprint density at radius 3 is 2.69 bits per heavy atom. The Morgan fingerprint density at radius 1 is 1.25 bits per heavy atom. The smallest absolute Gasteiger partial charge is 0.250 e. The number of nitrogens with zero attached hydrogens (tertiary/aromatic N) is 1. The number of piperidine rings is 1. The number of Topliss-reactive ketones (excluding diaryl/α,β-unsaturated/α-hetero) is 1. The van der Waals surface area contributed by atoms with E-state index in [4.69, 9.17) is 14.9 Å². The van der Waals surface area contributed by atoms with Crippen molar-refractivity contribution in [1.29, 1.82) is 0 Å². The van der Waals surface area contributed by atoms with Crippen LogP contribution < -0.4 is 14.9 Å². The van der Waals surface area contributed by atoms with Gasteiger partial charge in [0.15, 0.2) is 17.6 Å². The largest absolute Gasteiger partial charge is 0.541 e. The number of ether oxygens (including phenoxy) is 1. The van der Waals surface area contributed by atoms with Crippen LogP contribution in [-0.4, -0.2) is 49.8 Å². The Hall–Kier alpha value is -1.37. The Labute approximate surface area is 193 Å². The number of likely N-dealkylation sites (tertiary alicyclic amines) is 1. The van der Waals surface area contributed by atoms with Gasteiger partial charge in [-0.25, -0.2) is 0 Å². The van der Waals surface area contributed by atoms with Gasteiger partial charge in [-0.05, 0) is 74.3 Å². The van der Waals surface area contributed by atoms with Gasteiger partial charge >= 0.3 is 0 Å². The number of carbonyl (C=O) groups excluding carboxylic acids is 1. The number of rotatable bonds is 4. The van der Waals surface area contributed by atoms with E-state index in [-0.39, 0.29) is 10.8 Å². The van der Waals surface area contributed by atoms with Gasteiger partial charge in [0.05, 0.1) is 5.41 Å². The molecule has 1 spiro atoms. The summed E-state index contributed by atoms with van der Waals surface area (Å²) in [5.74, 6) is 2.72. The van der Waals surface area contributed by atoms with Gasteiger partial charge in [-0.15, -0.1) is 0 Å². The van der Waals surface area contributed by atoms with Gasteiger partial charge < -0.3 is 14.9 Å². The van der Waals surface area contributed by atoms with Gasteiger partial charge in [0, 0.05) is 30.1 Å². The molecule has 3 fully saturated rings. The molecular formula is C26H38N2O3Si. The molecule has 174 valence electrons. The molecule has 2 bridgehead atoms. The van der Waals surface area contributed by atoms with Crippen molar-refractivity contribution >= 4 is 14.1 Å². The highest BCUT2D eigenvalue weighted by molar-refractivity contribution is 6.74. The van der Waals surface area contributed by atoms with Crippen LogP contribution in [0.25, 0.3) is 0 Å². The zero-order valence-electron chi connectivity index (χ0n) is 20.3. The molecule has 1 aromatic rings. The monoisotopic (exact) mass is 454 g/mol. The maximum Gasteiger partial charge on any atom is 0.250 e. The van der Waals surface area contributed by atoms with E-state index >= 15 is 0 Å². The number of nitrogens with two attached hydrogens (primary N) is 1. The van der Waals surface area contributed by atoms with Gasteiger partial charge in [-0.2, -0.15) is 0 Å². The van der Waals surface area contributed by atoms with E-state index in [0.29, 0.717) is 12.5 Å². The van der Waals surface area contributed by atoms with Crippen molar-refractivity contribution in [2.24, 2.45) is 11.7 Å². The highest BCUT2D eigenvalue weighted by Crippen LogP contribution is 2.64. The van der Waals surface area contributed by atoms with Gasteiger partial charge in [-0.1, -0.05) is 26.8 Å². The summed E-state index contributed by atoms with van der Waals surface area (Å²) in [6, 6.07) is 4.65. The van der Waals surface area contributed by atoms with E-state index in [1.54, 1.807) is 0 Å². The number of benzene rings is 1. The van der Waals surface area contributed by atoms with Crippen molar-refractivity contribution in [3.63, 3.8) is 0 Å². The molecule has 32 heavy (non-hydrogen) atoms. The Morgan fingerprint density at radius 2 is 2.00 bits per heavy atom. The molecule has 3 aliphatic carbocycles. The van der Waals surface area contributed by atoms with Crippen molar-refractivity contribution in [3.8, 4) is 11.5 Å². The Balaban J connectivity index is 1.49. The van der Waals surface area contributed by atoms with Crippen LogP contribution in [0.3, 0.4) is 0 Å². The van der Waals surface area contributed by atoms with E-state index in [1.165, 1.54) is 24.0 Å². The van der Waals surface area contributed by atoms with Crippen LogP contribution >= 0.6 is 0 Å². The topological polar surface area (TPSA) is 64.8 Å². The number of hydrogen-bond donors (Lipinski definition) is 1. The summed E-state index contributed by atoms with van der Waals surface area (Å²) in [5.41, 5.74) is 9.17. The van der Waals surface area contributed by atoms with E-state index in [1.807, 2.05) is 0 Å². The van der Waals surface area contributed by atoms with Crippen LogP contribution in [0.15, 0.2) is 12.1 Å². The number of hydrogen-bond acceptors (Lipinski definition) is 5. The molecule has 1 saturated heterocycles. The standard InChI is InChI=1S/C26H38N2O3Si/c1-24(2,3)32(4,5)31-19-9-8-17-14-20-26(27)11-10-18(29)23-25(26,21(17)22(19)30-23)12-13-28(20)15-16-6-7-16/h8-9,16,20,23H,6-7,10-15,27H2,1-5H3/t20?,23-,25-,26+/m0/s1. The first-order valence-electron chi connectivity index (χ1n) is 12.6. The SMILES string of the molecule is CC(C)(C)[Si](C)(C)Oc1ccc2c3c1O[C@H]1C(=O)CC[C@@]4(N)C(C2)N(CC2CC2)CC[C@]314. The molecule has 5 nitrogen and oxygen atoms in total. The second-order valence-corrected chi connectivity index (χ2v) is 17.4. The summed E-state index contributed by atoms with van der Waals surface area (Å²) in [4.78, 5) is 15.9. The fraction of sp³-hybridized carbons (Fsp3) is 0.731. The van der Waals surface area contributed by atoms with E-state index in [2.05, 4.69) is 50.9 Å². The molecule has 2 aliphatic heterocycles. The van der Waals surface area contributed by atoms with Gasteiger partial charge in [-0.3, -0.25) is 9.69 Å². The first-order chi connectivity index (χ1) is 15.0. The number of ketones is 1. The molecule has 6 rings (SSSR count). The summed E-state index contributed by atoms with van der Waals surface area (Å²) in [5, 5.41) is 0.0892. The van der Waals surface area contributed by atoms with Gasteiger partial charge in [0.2, 0.25) is 0 Å². The Bertz CT molecular complexity index is 998. The highest BCUT2D eigenvalue weighted by Gasteiger charge is 2.72. The molecule has 2 heterocycles. The van der Waals surface area contributed by atoms with Crippen molar-refractivity contribution < 1.29 is 14.0 Å². The third kappa shape index (κ3) is 2.60. The lowest BCUT2D eigenvalue weighted by Crippen LogP contribution is -2.80. The predicted molar refractivity (Wildman–Crippen MR) is 128 cm³/mol. The summed E-state index contributed by atoms with van der Waals surface area (Å²) in [6.45, 7) is 13.5. The minimum atomic E-state index is -2.05. The summed E-state index contributed by atoms with van der Waals surface area (Å²) >= 11 is 0. The molecule has 0 radical (unpaired) electrons. The van der Waals surface area contributed by atoms with Crippen molar-refractivity contribution in [2.75, 3.05) is 13.1 Å².